The van der Waals surface area contributed by atoms with E-state index in [0.29, 0.717) is 23.8 Å². The van der Waals surface area contributed by atoms with Crippen molar-refractivity contribution in [3.8, 4) is 5.88 Å². The number of anilines is 1. The lowest BCUT2D eigenvalue weighted by molar-refractivity contribution is 0.0951. The van der Waals surface area contributed by atoms with Crippen LogP contribution in [0.15, 0.2) is 36.7 Å². The number of hydrogen-bond acceptors (Lipinski definition) is 5. The van der Waals surface area contributed by atoms with E-state index in [2.05, 4.69) is 20.6 Å². The molecule has 0 fully saturated rings. The van der Waals surface area contributed by atoms with Crippen LogP contribution in [0, 0.1) is 0 Å². The van der Waals surface area contributed by atoms with Crippen LogP contribution in [0.3, 0.4) is 0 Å². The van der Waals surface area contributed by atoms with Crippen molar-refractivity contribution >= 4 is 11.7 Å². The van der Waals surface area contributed by atoms with Crippen molar-refractivity contribution in [2.45, 2.75) is 6.54 Å². The zero-order valence-electron chi connectivity index (χ0n) is 11.4. The molecule has 0 bridgehead atoms. The van der Waals surface area contributed by atoms with Gasteiger partial charge >= 0.3 is 0 Å². The van der Waals surface area contributed by atoms with Crippen LogP contribution in [0.4, 0.5) is 5.82 Å². The van der Waals surface area contributed by atoms with Gasteiger partial charge < -0.3 is 15.4 Å². The molecule has 2 heterocycles. The maximum Gasteiger partial charge on any atom is 0.251 e. The number of carbonyl (C=O) groups is 1. The first-order chi connectivity index (χ1) is 9.72. The van der Waals surface area contributed by atoms with E-state index < -0.39 is 0 Å². The van der Waals surface area contributed by atoms with E-state index in [1.807, 2.05) is 6.07 Å². The number of ether oxygens (including phenoxy) is 1. The molecule has 6 heteroatoms. The van der Waals surface area contributed by atoms with Gasteiger partial charge in [0.2, 0.25) is 5.88 Å². The molecule has 2 rings (SSSR count). The smallest absolute Gasteiger partial charge is 0.251 e. The van der Waals surface area contributed by atoms with Crippen LogP contribution in [-0.2, 0) is 6.54 Å². The summed E-state index contributed by atoms with van der Waals surface area (Å²) in [4.78, 5) is 20.1. The lowest BCUT2D eigenvalue weighted by Gasteiger charge is -2.07. The van der Waals surface area contributed by atoms with Gasteiger partial charge in [0.15, 0.2) is 0 Å². The highest BCUT2D eigenvalue weighted by molar-refractivity contribution is 5.94. The van der Waals surface area contributed by atoms with Gasteiger partial charge in [-0.05, 0) is 17.7 Å². The molecule has 0 aliphatic rings. The Morgan fingerprint density at radius 3 is 2.80 bits per heavy atom. The molecule has 2 aromatic rings. The number of carbonyl (C=O) groups excluding carboxylic acids is 1. The monoisotopic (exact) mass is 272 g/mol. The summed E-state index contributed by atoms with van der Waals surface area (Å²) in [6.45, 7) is 0.410. The summed E-state index contributed by atoms with van der Waals surface area (Å²) in [7, 11) is 3.32. The van der Waals surface area contributed by atoms with Gasteiger partial charge in [-0.25, -0.2) is 9.97 Å². The van der Waals surface area contributed by atoms with Gasteiger partial charge in [-0.1, -0.05) is 6.07 Å². The van der Waals surface area contributed by atoms with E-state index in [9.17, 15) is 4.79 Å². The second kappa shape index (κ2) is 6.51. The van der Waals surface area contributed by atoms with Crippen LogP contribution >= 0.6 is 0 Å². The van der Waals surface area contributed by atoms with E-state index in [1.54, 1.807) is 44.8 Å². The highest BCUT2D eigenvalue weighted by atomic mass is 16.5. The van der Waals surface area contributed by atoms with E-state index >= 15 is 0 Å². The molecule has 0 unspecified atom stereocenters. The first-order valence-electron chi connectivity index (χ1n) is 6.14. The SMILES string of the molecule is CNc1cc(C(=O)NCc2ccc(OC)nc2)ccn1. The van der Waals surface area contributed by atoms with Crippen molar-refractivity contribution < 1.29 is 9.53 Å². The third-order valence-corrected chi connectivity index (χ3v) is 2.74. The number of nitrogens with one attached hydrogen (secondary N) is 2. The lowest BCUT2D eigenvalue weighted by atomic mass is 10.2. The fraction of sp³-hybridized carbons (Fsp3) is 0.214. The predicted molar refractivity (Wildman–Crippen MR) is 75.7 cm³/mol. The average Bonchev–Trinajstić information content (AvgIpc) is 2.53. The topological polar surface area (TPSA) is 76.1 Å². The minimum absolute atomic E-state index is 0.153. The molecular formula is C14H16N4O2. The van der Waals surface area contributed by atoms with Gasteiger partial charge in [-0.15, -0.1) is 0 Å². The molecule has 1 amide bonds. The van der Waals surface area contributed by atoms with Gasteiger partial charge in [0.1, 0.15) is 5.82 Å². The number of hydrogen-bond donors (Lipinski definition) is 2. The molecule has 0 spiro atoms. The maximum absolute atomic E-state index is 12.0. The van der Waals surface area contributed by atoms with Gasteiger partial charge in [-0.3, -0.25) is 4.79 Å². The number of pyridine rings is 2. The Morgan fingerprint density at radius 1 is 1.30 bits per heavy atom. The fourth-order valence-corrected chi connectivity index (χ4v) is 1.63. The van der Waals surface area contributed by atoms with Crippen LogP contribution in [0.2, 0.25) is 0 Å². The Bertz CT molecular complexity index is 584. The molecule has 0 radical (unpaired) electrons. The number of aromatic nitrogens is 2. The Balaban J connectivity index is 1.97. The first-order valence-corrected chi connectivity index (χ1v) is 6.14. The lowest BCUT2D eigenvalue weighted by Crippen LogP contribution is -2.23. The summed E-state index contributed by atoms with van der Waals surface area (Å²) in [5.74, 6) is 1.05. The maximum atomic E-state index is 12.0. The normalized spacial score (nSPS) is 9.90. The fourth-order valence-electron chi connectivity index (χ4n) is 1.63. The van der Waals surface area contributed by atoms with Crippen LogP contribution in [-0.4, -0.2) is 30.0 Å². The average molecular weight is 272 g/mol. The van der Waals surface area contributed by atoms with Crippen LogP contribution in [0.1, 0.15) is 15.9 Å². The Labute approximate surface area is 117 Å². The minimum Gasteiger partial charge on any atom is -0.481 e. The second-order valence-electron chi connectivity index (χ2n) is 4.07. The molecule has 0 aliphatic heterocycles. The summed E-state index contributed by atoms with van der Waals surface area (Å²) in [6, 6.07) is 6.98. The van der Waals surface area contributed by atoms with Crippen LogP contribution in [0.25, 0.3) is 0 Å². The van der Waals surface area contributed by atoms with Crippen molar-refractivity contribution in [1.82, 2.24) is 15.3 Å². The highest BCUT2D eigenvalue weighted by Gasteiger charge is 2.06. The van der Waals surface area contributed by atoms with E-state index in [1.165, 1.54) is 0 Å². The van der Waals surface area contributed by atoms with Crippen molar-refractivity contribution in [2.24, 2.45) is 0 Å². The summed E-state index contributed by atoms with van der Waals surface area (Å²) in [6.07, 6.45) is 3.26. The van der Waals surface area contributed by atoms with Crippen molar-refractivity contribution in [1.29, 1.82) is 0 Å². The molecule has 0 atom stereocenters. The molecule has 20 heavy (non-hydrogen) atoms. The predicted octanol–water partition coefficient (Wildman–Crippen LogP) is 1.46. The zero-order valence-corrected chi connectivity index (χ0v) is 11.4. The summed E-state index contributed by atoms with van der Waals surface area (Å²) < 4.78 is 4.98. The summed E-state index contributed by atoms with van der Waals surface area (Å²) in [5.41, 5.74) is 1.47. The second-order valence-corrected chi connectivity index (χ2v) is 4.07. The van der Waals surface area contributed by atoms with Crippen molar-refractivity contribution in [2.75, 3.05) is 19.5 Å². The van der Waals surface area contributed by atoms with Gasteiger partial charge in [-0.2, -0.15) is 0 Å². The van der Waals surface area contributed by atoms with E-state index in [-0.39, 0.29) is 5.91 Å². The minimum atomic E-state index is -0.153. The number of amides is 1. The molecule has 2 aromatic heterocycles. The first kappa shape index (κ1) is 13.8. The van der Waals surface area contributed by atoms with E-state index in [0.717, 1.165) is 5.56 Å². The quantitative estimate of drug-likeness (QED) is 0.861. The number of methoxy groups -OCH3 is 1. The Morgan fingerprint density at radius 2 is 2.15 bits per heavy atom. The summed E-state index contributed by atoms with van der Waals surface area (Å²) in [5, 5.41) is 5.72. The third-order valence-electron chi connectivity index (χ3n) is 2.74. The van der Waals surface area contributed by atoms with Crippen LogP contribution in [0.5, 0.6) is 5.88 Å². The van der Waals surface area contributed by atoms with Gasteiger partial charge in [0.25, 0.3) is 5.91 Å². The molecule has 2 N–H and O–H groups in total. The zero-order chi connectivity index (χ0) is 14.4. The number of nitrogens with zero attached hydrogens (tertiary/aromatic N) is 2. The molecule has 104 valence electrons. The standard InChI is InChI=1S/C14H16N4O2/c1-15-12-7-11(5-6-16-12)14(19)18-9-10-3-4-13(20-2)17-8-10/h3-8H,9H2,1-2H3,(H,15,16)(H,18,19). The highest BCUT2D eigenvalue weighted by Crippen LogP contribution is 2.08. The molecule has 0 saturated carbocycles. The van der Waals surface area contributed by atoms with Gasteiger partial charge in [0, 0.05) is 37.6 Å². The summed E-state index contributed by atoms with van der Waals surface area (Å²) >= 11 is 0. The largest absolute Gasteiger partial charge is 0.481 e. The van der Waals surface area contributed by atoms with Gasteiger partial charge in [0.05, 0.1) is 7.11 Å². The third kappa shape index (κ3) is 3.44. The van der Waals surface area contributed by atoms with Crippen LogP contribution < -0.4 is 15.4 Å². The Kier molecular flexibility index (Phi) is 4.49. The molecule has 0 saturated heterocycles. The van der Waals surface area contributed by atoms with Crippen molar-refractivity contribution in [3.63, 3.8) is 0 Å². The van der Waals surface area contributed by atoms with E-state index in [4.69, 9.17) is 4.74 Å². The van der Waals surface area contributed by atoms with Crippen molar-refractivity contribution in [3.05, 3.63) is 47.8 Å². The molecule has 0 aliphatic carbocycles. The Hall–Kier alpha value is -2.63. The number of rotatable bonds is 5. The molecule has 6 nitrogen and oxygen atoms in total. The molecular weight excluding hydrogens is 256 g/mol. The molecule has 0 aromatic carbocycles.